The Bertz CT molecular complexity index is 276. The van der Waals surface area contributed by atoms with E-state index in [4.69, 9.17) is 5.73 Å². The van der Waals surface area contributed by atoms with E-state index in [0.29, 0.717) is 25.3 Å². The van der Waals surface area contributed by atoms with Crippen LogP contribution in [0.2, 0.25) is 0 Å². The Hall–Kier alpha value is -1.32. The van der Waals surface area contributed by atoms with Gasteiger partial charge in [0, 0.05) is 13.0 Å². The molecule has 2 atom stereocenters. The average molecular weight is 210 g/mol. The lowest BCUT2D eigenvalue weighted by Crippen LogP contribution is -2.45. The summed E-state index contributed by atoms with van der Waals surface area (Å²) >= 11 is 0. The summed E-state index contributed by atoms with van der Waals surface area (Å²) in [6.07, 6.45) is 3.72. The number of amides is 2. The summed E-state index contributed by atoms with van der Waals surface area (Å²) in [6, 6.07) is -0.438. The van der Waals surface area contributed by atoms with Crippen LogP contribution in [0.5, 0.6) is 0 Å². The second-order valence-electron chi connectivity index (χ2n) is 3.97. The van der Waals surface area contributed by atoms with E-state index in [9.17, 15) is 9.59 Å². The van der Waals surface area contributed by atoms with Crippen LogP contribution in [0.25, 0.3) is 0 Å². The highest BCUT2D eigenvalue weighted by Crippen LogP contribution is 2.23. The van der Waals surface area contributed by atoms with Crippen molar-refractivity contribution in [1.82, 2.24) is 4.90 Å². The molecule has 4 heteroatoms. The third kappa shape index (κ3) is 2.58. The van der Waals surface area contributed by atoms with Crippen LogP contribution in [0.3, 0.4) is 0 Å². The van der Waals surface area contributed by atoms with Gasteiger partial charge < -0.3 is 10.6 Å². The maximum atomic E-state index is 11.6. The first-order valence-corrected chi connectivity index (χ1v) is 5.29. The number of nitrogens with zero attached hydrogens (tertiary/aromatic N) is 1. The zero-order chi connectivity index (χ0) is 11.4. The van der Waals surface area contributed by atoms with Crippen molar-refractivity contribution in [2.45, 2.75) is 32.2 Å². The molecule has 1 fully saturated rings. The topological polar surface area (TPSA) is 63.4 Å². The van der Waals surface area contributed by atoms with Crippen LogP contribution in [-0.4, -0.2) is 29.3 Å². The van der Waals surface area contributed by atoms with E-state index in [-0.39, 0.29) is 5.91 Å². The smallest absolute Gasteiger partial charge is 0.240 e. The molecule has 1 unspecified atom stereocenters. The fourth-order valence-electron chi connectivity index (χ4n) is 2.08. The number of hydrogen-bond acceptors (Lipinski definition) is 2. The Morgan fingerprint density at radius 1 is 1.80 bits per heavy atom. The molecule has 84 valence electrons. The lowest BCUT2D eigenvalue weighted by molar-refractivity contribution is -0.136. The summed E-state index contributed by atoms with van der Waals surface area (Å²) < 4.78 is 0. The van der Waals surface area contributed by atoms with Gasteiger partial charge in [-0.05, 0) is 18.8 Å². The van der Waals surface area contributed by atoms with E-state index in [0.717, 1.165) is 6.42 Å². The van der Waals surface area contributed by atoms with Gasteiger partial charge in [-0.15, -0.1) is 6.58 Å². The summed E-state index contributed by atoms with van der Waals surface area (Å²) in [4.78, 5) is 24.4. The molecule has 1 heterocycles. The molecule has 15 heavy (non-hydrogen) atoms. The molecular weight excluding hydrogens is 192 g/mol. The van der Waals surface area contributed by atoms with Gasteiger partial charge in [-0.2, -0.15) is 0 Å². The summed E-state index contributed by atoms with van der Waals surface area (Å²) in [7, 11) is 0. The van der Waals surface area contributed by atoms with Crippen LogP contribution in [0.4, 0.5) is 0 Å². The van der Waals surface area contributed by atoms with Gasteiger partial charge in [-0.1, -0.05) is 13.0 Å². The number of primary amides is 1. The summed E-state index contributed by atoms with van der Waals surface area (Å²) in [5.74, 6) is -0.0824. The van der Waals surface area contributed by atoms with Crippen LogP contribution >= 0.6 is 0 Å². The molecule has 1 aliphatic rings. The molecule has 0 aromatic rings. The molecule has 4 nitrogen and oxygen atoms in total. The number of nitrogens with two attached hydrogens (primary N) is 1. The third-order valence-electron chi connectivity index (χ3n) is 2.83. The molecule has 0 spiro atoms. The van der Waals surface area contributed by atoms with Crippen LogP contribution in [0.1, 0.15) is 26.2 Å². The van der Waals surface area contributed by atoms with E-state index >= 15 is 0 Å². The van der Waals surface area contributed by atoms with E-state index in [1.807, 2.05) is 13.0 Å². The predicted molar refractivity (Wildman–Crippen MR) is 57.9 cm³/mol. The minimum absolute atomic E-state index is 0.0347. The Kier molecular flexibility index (Phi) is 3.88. The van der Waals surface area contributed by atoms with Crippen molar-refractivity contribution in [2.24, 2.45) is 11.7 Å². The predicted octanol–water partition coefficient (Wildman–Crippen LogP) is 0.675. The van der Waals surface area contributed by atoms with Crippen LogP contribution in [-0.2, 0) is 9.59 Å². The number of allylic oxidation sites excluding steroid dienone is 1. The molecule has 0 aliphatic carbocycles. The fourth-order valence-corrected chi connectivity index (χ4v) is 2.08. The monoisotopic (exact) mass is 210 g/mol. The van der Waals surface area contributed by atoms with Gasteiger partial charge in [0.25, 0.3) is 0 Å². The SMILES string of the molecule is C=CC[C@@H]1CC(=O)N(C(CC)C(N)=O)C1. The highest BCUT2D eigenvalue weighted by Gasteiger charge is 2.35. The highest BCUT2D eigenvalue weighted by atomic mass is 16.2. The first-order valence-electron chi connectivity index (χ1n) is 5.29. The number of carbonyl (C=O) groups excluding carboxylic acids is 2. The van der Waals surface area contributed by atoms with Crippen LogP contribution < -0.4 is 5.73 Å². The first-order chi connectivity index (χ1) is 7.10. The molecule has 0 radical (unpaired) electrons. The number of likely N-dealkylation sites (tertiary alicyclic amines) is 1. The molecule has 1 rings (SSSR count). The largest absolute Gasteiger partial charge is 0.368 e. The van der Waals surface area contributed by atoms with Gasteiger partial charge in [0.05, 0.1) is 0 Å². The Balaban J connectivity index is 2.66. The average Bonchev–Trinajstić information content (AvgIpc) is 2.49. The van der Waals surface area contributed by atoms with Gasteiger partial charge >= 0.3 is 0 Å². The summed E-state index contributed by atoms with van der Waals surface area (Å²) in [6.45, 7) is 6.15. The maximum Gasteiger partial charge on any atom is 0.240 e. The quantitative estimate of drug-likeness (QED) is 0.678. The van der Waals surface area contributed by atoms with Crippen molar-refractivity contribution >= 4 is 11.8 Å². The lowest BCUT2D eigenvalue weighted by atomic mass is 10.1. The molecular formula is C11H18N2O2. The lowest BCUT2D eigenvalue weighted by Gasteiger charge is -2.24. The molecule has 2 amide bonds. The van der Waals surface area contributed by atoms with E-state index in [2.05, 4.69) is 6.58 Å². The van der Waals surface area contributed by atoms with Crippen molar-refractivity contribution < 1.29 is 9.59 Å². The summed E-state index contributed by atoms with van der Waals surface area (Å²) in [5, 5.41) is 0. The second-order valence-corrected chi connectivity index (χ2v) is 3.97. The maximum absolute atomic E-state index is 11.6. The molecule has 2 N–H and O–H groups in total. The standard InChI is InChI=1S/C11H18N2O2/c1-3-5-8-6-10(14)13(7-8)9(4-2)11(12)15/h3,8-9H,1,4-7H2,2H3,(H2,12,15)/t8-,9?/m1/s1. The molecule has 1 saturated heterocycles. The summed E-state index contributed by atoms with van der Waals surface area (Å²) in [5.41, 5.74) is 5.26. The minimum atomic E-state index is -0.438. The fraction of sp³-hybridized carbons (Fsp3) is 0.636. The van der Waals surface area contributed by atoms with Crippen molar-refractivity contribution in [3.05, 3.63) is 12.7 Å². The van der Waals surface area contributed by atoms with Crippen molar-refractivity contribution in [1.29, 1.82) is 0 Å². The van der Waals surface area contributed by atoms with Crippen molar-refractivity contribution in [3.8, 4) is 0 Å². The molecule has 0 bridgehead atoms. The van der Waals surface area contributed by atoms with E-state index in [1.54, 1.807) is 4.90 Å². The molecule has 0 saturated carbocycles. The van der Waals surface area contributed by atoms with E-state index < -0.39 is 11.9 Å². The van der Waals surface area contributed by atoms with Crippen LogP contribution in [0, 0.1) is 5.92 Å². The van der Waals surface area contributed by atoms with Crippen molar-refractivity contribution in [3.63, 3.8) is 0 Å². The molecule has 1 aliphatic heterocycles. The highest BCUT2D eigenvalue weighted by molar-refractivity contribution is 5.87. The van der Waals surface area contributed by atoms with E-state index in [1.165, 1.54) is 0 Å². The Morgan fingerprint density at radius 3 is 2.93 bits per heavy atom. The number of hydrogen-bond donors (Lipinski definition) is 1. The molecule has 0 aromatic heterocycles. The van der Waals surface area contributed by atoms with Gasteiger partial charge in [0.1, 0.15) is 6.04 Å². The van der Waals surface area contributed by atoms with Gasteiger partial charge in [0.15, 0.2) is 0 Å². The normalized spacial score (nSPS) is 22.9. The Labute approximate surface area is 90.1 Å². The minimum Gasteiger partial charge on any atom is -0.368 e. The van der Waals surface area contributed by atoms with Crippen LogP contribution in [0.15, 0.2) is 12.7 Å². The third-order valence-corrected chi connectivity index (χ3v) is 2.83. The number of carbonyl (C=O) groups is 2. The van der Waals surface area contributed by atoms with Gasteiger partial charge in [-0.25, -0.2) is 0 Å². The first kappa shape index (κ1) is 11.8. The molecule has 0 aromatic carbocycles. The Morgan fingerprint density at radius 2 is 2.47 bits per heavy atom. The zero-order valence-corrected chi connectivity index (χ0v) is 9.11. The van der Waals surface area contributed by atoms with Gasteiger partial charge in [-0.3, -0.25) is 9.59 Å². The zero-order valence-electron chi connectivity index (χ0n) is 9.11. The van der Waals surface area contributed by atoms with Gasteiger partial charge in [0.2, 0.25) is 11.8 Å². The number of rotatable bonds is 5. The second kappa shape index (κ2) is 4.96. The van der Waals surface area contributed by atoms with Crippen molar-refractivity contribution in [2.75, 3.05) is 6.54 Å².